The van der Waals surface area contributed by atoms with Crippen LogP contribution in [0.5, 0.6) is 0 Å². The smallest absolute Gasteiger partial charge is 0.264 e. The molecule has 0 unspecified atom stereocenters. The molecular formula is C8H9F3N2. The van der Waals surface area contributed by atoms with Crippen LogP contribution in [0.2, 0.25) is 0 Å². The summed E-state index contributed by atoms with van der Waals surface area (Å²) in [5.41, 5.74) is 4.70. The van der Waals surface area contributed by atoms with Crippen LogP contribution in [0.4, 0.5) is 13.2 Å². The van der Waals surface area contributed by atoms with Crippen molar-refractivity contribution in [2.75, 3.05) is 6.54 Å². The Hall–Kier alpha value is -1.10. The second-order valence-electron chi connectivity index (χ2n) is 2.69. The molecule has 1 heterocycles. The van der Waals surface area contributed by atoms with Gasteiger partial charge in [-0.15, -0.1) is 0 Å². The molecule has 0 aliphatic rings. The summed E-state index contributed by atoms with van der Waals surface area (Å²) in [6.45, 7) is -0.790. The molecule has 5 heteroatoms. The molecule has 0 saturated heterocycles. The van der Waals surface area contributed by atoms with Crippen molar-refractivity contribution >= 4 is 0 Å². The van der Waals surface area contributed by atoms with Gasteiger partial charge >= 0.3 is 0 Å². The summed E-state index contributed by atoms with van der Waals surface area (Å²) in [5.74, 6) is -3.93. The first-order chi connectivity index (χ1) is 6.05. The third-order valence-corrected chi connectivity index (χ3v) is 1.58. The first kappa shape index (κ1) is 9.98. The van der Waals surface area contributed by atoms with Crippen LogP contribution in [0.3, 0.4) is 0 Å². The SMILES string of the molecule is NCC(F)(F)Cc1cccnc1F. The summed E-state index contributed by atoms with van der Waals surface area (Å²) in [5, 5.41) is 0. The number of aromatic nitrogens is 1. The molecular weight excluding hydrogens is 181 g/mol. The minimum Gasteiger partial charge on any atom is -0.325 e. The van der Waals surface area contributed by atoms with Gasteiger partial charge in [-0.3, -0.25) is 0 Å². The predicted octanol–water partition coefficient (Wildman–Crippen LogP) is 1.36. The molecule has 2 nitrogen and oxygen atoms in total. The van der Waals surface area contributed by atoms with Crippen LogP contribution in [-0.4, -0.2) is 17.5 Å². The number of nitrogens with two attached hydrogens (primary N) is 1. The molecule has 0 saturated carbocycles. The Morgan fingerprint density at radius 2 is 2.15 bits per heavy atom. The van der Waals surface area contributed by atoms with E-state index in [2.05, 4.69) is 4.98 Å². The fraction of sp³-hybridized carbons (Fsp3) is 0.375. The third-order valence-electron chi connectivity index (χ3n) is 1.58. The van der Waals surface area contributed by atoms with Crippen molar-refractivity contribution in [3.8, 4) is 0 Å². The van der Waals surface area contributed by atoms with Crippen LogP contribution in [-0.2, 0) is 6.42 Å². The van der Waals surface area contributed by atoms with Gasteiger partial charge in [0.2, 0.25) is 5.95 Å². The lowest BCUT2D eigenvalue weighted by molar-refractivity contribution is 0.0105. The molecule has 1 aromatic heterocycles. The molecule has 0 radical (unpaired) electrons. The number of rotatable bonds is 3. The summed E-state index contributed by atoms with van der Waals surface area (Å²) in [6.07, 6.45) is 0.503. The maximum atomic E-state index is 12.8. The highest BCUT2D eigenvalue weighted by molar-refractivity contribution is 5.12. The van der Waals surface area contributed by atoms with Crippen molar-refractivity contribution in [1.29, 1.82) is 0 Å². The number of hydrogen-bond acceptors (Lipinski definition) is 2. The summed E-state index contributed by atoms with van der Waals surface area (Å²) in [7, 11) is 0. The summed E-state index contributed by atoms with van der Waals surface area (Å²) < 4.78 is 38.2. The van der Waals surface area contributed by atoms with Crippen LogP contribution in [0.15, 0.2) is 18.3 Å². The van der Waals surface area contributed by atoms with Crippen molar-refractivity contribution in [2.45, 2.75) is 12.3 Å². The first-order valence-electron chi connectivity index (χ1n) is 3.72. The van der Waals surface area contributed by atoms with E-state index in [0.717, 1.165) is 0 Å². The number of hydrogen-bond donors (Lipinski definition) is 1. The molecule has 2 N–H and O–H groups in total. The Morgan fingerprint density at radius 3 is 2.69 bits per heavy atom. The van der Waals surface area contributed by atoms with Crippen molar-refractivity contribution in [3.63, 3.8) is 0 Å². The lowest BCUT2D eigenvalue weighted by Gasteiger charge is -2.13. The fourth-order valence-corrected chi connectivity index (χ4v) is 0.902. The number of pyridine rings is 1. The van der Waals surface area contributed by atoms with Crippen molar-refractivity contribution in [1.82, 2.24) is 4.98 Å². The third kappa shape index (κ3) is 2.69. The molecule has 0 aromatic carbocycles. The van der Waals surface area contributed by atoms with Crippen molar-refractivity contribution in [2.24, 2.45) is 5.73 Å². The molecule has 0 amide bonds. The van der Waals surface area contributed by atoms with Gasteiger partial charge in [0.25, 0.3) is 5.92 Å². The van der Waals surface area contributed by atoms with Gasteiger partial charge in [-0.1, -0.05) is 6.07 Å². The average Bonchev–Trinajstić information content (AvgIpc) is 2.09. The van der Waals surface area contributed by atoms with Crippen LogP contribution in [0.1, 0.15) is 5.56 Å². The Morgan fingerprint density at radius 1 is 1.46 bits per heavy atom. The van der Waals surface area contributed by atoms with E-state index >= 15 is 0 Å². The first-order valence-corrected chi connectivity index (χ1v) is 3.72. The highest BCUT2D eigenvalue weighted by Crippen LogP contribution is 2.19. The average molecular weight is 190 g/mol. The molecule has 1 aromatic rings. The monoisotopic (exact) mass is 190 g/mol. The minimum atomic E-state index is -3.07. The standard InChI is InChI=1S/C8H9F3N2/c9-7-6(2-1-3-13-7)4-8(10,11)5-12/h1-3H,4-5,12H2. The molecule has 72 valence electrons. The second kappa shape index (κ2) is 3.74. The van der Waals surface area contributed by atoms with Gasteiger partial charge in [-0.25, -0.2) is 13.8 Å². The molecule has 0 bridgehead atoms. The van der Waals surface area contributed by atoms with Crippen LogP contribution >= 0.6 is 0 Å². The highest BCUT2D eigenvalue weighted by Gasteiger charge is 2.28. The minimum absolute atomic E-state index is 0.113. The fourth-order valence-electron chi connectivity index (χ4n) is 0.902. The zero-order valence-electron chi connectivity index (χ0n) is 6.80. The van der Waals surface area contributed by atoms with E-state index in [0.29, 0.717) is 0 Å². The Labute approximate surface area is 73.6 Å². The van der Waals surface area contributed by atoms with Gasteiger partial charge < -0.3 is 5.73 Å². The summed E-state index contributed by atoms with van der Waals surface area (Å²) in [4.78, 5) is 3.26. The van der Waals surface area contributed by atoms with E-state index in [-0.39, 0.29) is 5.56 Å². The molecule has 0 atom stereocenters. The van der Waals surface area contributed by atoms with Crippen LogP contribution in [0.25, 0.3) is 0 Å². The van der Waals surface area contributed by atoms with Gasteiger partial charge in [-0.2, -0.15) is 4.39 Å². The lowest BCUT2D eigenvalue weighted by atomic mass is 10.1. The summed E-state index contributed by atoms with van der Waals surface area (Å²) >= 11 is 0. The molecule has 0 spiro atoms. The molecule has 0 aliphatic carbocycles. The number of halogens is 3. The second-order valence-corrected chi connectivity index (χ2v) is 2.69. The summed E-state index contributed by atoms with van der Waals surface area (Å²) in [6, 6.07) is 2.68. The van der Waals surface area contributed by atoms with Crippen molar-refractivity contribution < 1.29 is 13.2 Å². The highest BCUT2D eigenvalue weighted by atomic mass is 19.3. The number of alkyl halides is 2. The molecule has 0 aliphatic heterocycles. The zero-order valence-corrected chi connectivity index (χ0v) is 6.80. The van der Waals surface area contributed by atoms with E-state index in [9.17, 15) is 13.2 Å². The Bertz CT molecular complexity index is 288. The topological polar surface area (TPSA) is 38.9 Å². The van der Waals surface area contributed by atoms with E-state index in [1.54, 1.807) is 0 Å². The van der Waals surface area contributed by atoms with Gasteiger partial charge in [0.1, 0.15) is 0 Å². The molecule has 1 rings (SSSR count). The van der Waals surface area contributed by atoms with Gasteiger partial charge in [0.15, 0.2) is 0 Å². The van der Waals surface area contributed by atoms with Gasteiger partial charge in [0.05, 0.1) is 6.54 Å². The van der Waals surface area contributed by atoms with E-state index in [1.807, 2.05) is 0 Å². The van der Waals surface area contributed by atoms with Crippen molar-refractivity contribution in [3.05, 3.63) is 29.8 Å². The zero-order chi connectivity index (χ0) is 9.90. The van der Waals surface area contributed by atoms with E-state index in [4.69, 9.17) is 5.73 Å². The predicted molar refractivity (Wildman–Crippen MR) is 41.9 cm³/mol. The normalized spacial score (nSPS) is 11.7. The quantitative estimate of drug-likeness (QED) is 0.731. The van der Waals surface area contributed by atoms with E-state index < -0.39 is 24.8 Å². The molecule has 0 fully saturated rings. The maximum absolute atomic E-state index is 12.8. The number of nitrogens with zero attached hydrogens (tertiary/aromatic N) is 1. The Kier molecular flexibility index (Phi) is 2.87. The van der Waals surface area contributed by atoms with Crippen LogP contribution < -0.4 is 5.73 Å². The maximum Gasteiger partial charge on any atom is 0.264 e. The lowest BCUT2D eigenvalue weighted by Crippen LogP contribution is -2.30. The van der Waals surface area contributed by atoms with E-state index in [1.165, 1.54) is 18.3 Å². The largest absolute Gasteiger partial charge is 0.325 e. The van der Waals surface area contributed by atoms with Gasteiger partial charge in [0, 0.05) is 18.2 Å². The Balaban J connectivity index is 2.80. The molecule has 13 heavy (non-hydrogen) atoms. The van der Waals surface area contributed by atoms with Crippen LogP contribution in [0, 0.1) is 5.95 Å². The van der Waals surface area contributed by atoms with Gasteiger partial charge in [-0.05, 0) is 6.07 Å².